The van der Waals surface area contributed by atoms with Crippen LogP contribution in [0.3, 0.4) is 0 Å². The summed E-state index contributed by atoms with van der Waals surface area (Å²) in [5.41, 5.74) is 0.923. The summed E-state index contributed by atoms with van der Waals surface area (Å²) >= 11 is 0. The largest absolute Gasteiger partial charge is 0.337 e. The lowest BCUT2D eigenvalue weighted by Gasteiger charge is -2.18. The number of aromatic nitrogens is 1. The van der Waals surface area contributed by atoms with Gasteiger partial charge in [-0.2, -0.15) is 0 Å². The molecule has 0 bridgehead atoms. The van der Waals surface area contributed by atoms with Gasteiger partial charge in [0, 0.05) is 37.6 Å². The molecule has 0 fully saturated rings. The van der Waals surface area contributed by atoms with Crippen LogP contribution < -0.4 is 4.72 Å². The topological polar surface area (TPSA) is 79.4 Å². The lowest BCUT2D eigenvalue weighted by atomic mass is 10.2. The Labute approximate surface area is 146 Å². The molecule has 1 heterocycles. The van der Waals surface area contributed by atoms with Crippen LogP contribution in [0.5, 0.6) is 0 Å². The van der Waals surface area contributed by atoms with Crippen LogP contribution in [-0.2, 0) is 16.6 Å². The first-order valence-electron chi connectivity index (χ1n) is 7.67. The minimum absolute atomic E-state index is 0.0944. The van der Waals surface area contributed by atoms with E-state index >= 15 is 0 Å². The van der Waals surface area contributed by atoms with E-state index in [0.717, 1.165) is 17.7 Å². The minimum atomic E-state index is -4.04. The van der Waals surface area contributed by atoms with Crippen molar-refractivity contribution >= 4 is 15.9 Å². The van der Waals surface area contributed by atoms with Crippen LogP contribution in [0.1, 0.15) is 29.8 Å². The molecule has 0 aliphatic rings. The maximum absolute atomic E-state index is 14.0. The highest BCUT2D eigenvalue weighted by Crippen LogP contribution is 2.18. The normalized spacial score (nSPS) is 11.6. The van der Waals surface area contributed by atoms with Crippen molar-refractivity contribution in [3.8, 4) is 0 Å². The monoisotopic (exact) mass is 365 g/mol. The average Bonchev–Trinajstić information content (AvgIpc) is 2.54. The molecule has 0 radical (unpaired) electrons. The Bertz CT molecular complexity index is 855. The molecule has 2 rings (SSSR count). The van der Waals surface area contributed by atoms with Gasteiger partial charge in [0.25, 0.3) is 5.91 Å². The van der Waals surface area contributed by atoms with Crippen molar-refractivity contribution in [3.63, 3.8) is 0 Å². The third-order valence-corrected chi connectivity index (χ3v) is 5.02. The summed E-state index contributed by atoms with van der Waals surface area (Å²) in [6.45, 7) is 3.56. The number of hydrogen-bond donors (Lipinski definition) is 1. The summed E-state index contributed by atoms with van der Waals surface area (Å²) < 4.78 is 40.7. The van der Waals surface area contributed by atoms with Gasteiger partial charge in [0.2, 0.25) is 10.0 Å². The van der Waals surface area contributed by atoms with Gasteiger partial charge in [-0.15, -0.1) is 0 Å². The maximum atomic E-state index is 14.0. The molecule has 0 aliphatic carbocycles. The van der Waals surface area contributed by atoms with Gasteiger partial charge in [-0.3, -0.25) is 9.78 Å². The Morgan fingerprint density at radius 1 is 1.32 bits per heavy atom. The molecular weight excluding hydrogens is 345 g/mol. The van der Waals surface area contributed by atoms with Crippen LogP contribution in [0.25, 0.3) is 0 Å². The minimum Gasteiger partial charge on any atom is -0.337 e. The van der Waals surface area contributed by atoms with Gasteiger partial charge in [0.15, 0.2) is 0 Å². The van der Waals surface area contributed by atoms with Gasteiger partial charge >= 0.3 is 0 Å². The second-order valence-corrected chi connectivity index (χ2v) is 7.63. The van der Waals surface area contributed by atoms with Crippen molar-refractivity contribution in [2.45, 2.75) is 31.3 Å². The van der Waals surface area contributed by atoms with E-state index in [1.165, 1.54) is 11.0 Å². The number of amides is 1. The van der Waals surface area contributed by atoms with E-state index < -0.39 is 32.7 Å². The number of nitrogens with one attached hydrogen (secondary N) is 1. The van der Waals surface area contributed by atoms with Crippen LogP contribution >= 0.6 is 0 Å². The van der Waals surface area contributed by atoms with E-state index in [1.54, 1.807) is 39.4 Å². The third kappa shape index (κ3) is 4.83. The van der Waals surface area contributed by atoms with Crippen molar-refractivity contribution < 1.29 is 17.6 Å². The summed E-state index contributed by atoms with van der Waals surface area (Å²) in [4.78, 5) is 17.4. The summed E-state index contributed by atoms with van der Waals surface area (Å²) in [7, 11) is -2.45. The molecule has 0 atom stereocenters. The number of pyridine rings is 1. The number of rotatable bonds is 6. The fourth-order valence-corrected chi connectivity index (χ4v) is 3.63. The number of halogens is 1. The third-order valence-electron chi connectivity index (χ3n) is 3.35. The lowest BCUT2D eigenvalue weighted by Crippen LogP contribution is -2.31. The zero-order chi connectivity index (χ0) is 18.6. The van der Waals surface area contributed by atoms with Crippen molar-refractivity contribution in [1.29, 1.82) is 0 Å². The second-order valence-electron chi connectivity index (χ2n) is 5.94. The molecule has 0 spiro atoms. The van der Waals surface area contributed by atoms with Gasteiger partial charge in [-0.25, -0.2) is 17.5 Å². The van der Waals surface area contributed by atoms with Crippen LogP contribution in [0.2, 0.25) is 0 Å². The molecule has 0 saturated carbocycles. The Morgan fingerprint density at radius 3 is 2.64 bits per heavy atom. The Kier molecular flexibility index (Phi) is 5.86. The number of benzene rings is 1. The van der Waals surface area contributed by atoms with E-state index in [2.05, 4.69) is 9.71 Å². The van der Waals surface area contributed by atoms with Gasteiger partial charge in [0.05, 0.1) is 0 Å². The van der Waals surface area contributed by atoms with E-state index in [4.69, 9.17) is 0 Å². The summed E-state index contributed by atoms with van der Waals surface area (Å²) in [5.74, 6) is -1.32. The Morgan fingerprint density at radius 2 is 2.04 bits per heavy atom. The molecule has 1 aromatic carbocycles. The van der Waals surface area contributed by atoms with E-state index in [-0.39, 0.29) is 5.56 Å². The Hall–Kier alpha value is -2.32. The van der Waals surface area contributed by atoms with Crippen molar-refractivity contribution in [2.24, 2.45) is 0 Å². The quantitative estimate of drug-likeness (QED) is 0.851. The molecule has 0 saturated heterocycles. The highest BCUT2D eigenvalue weighted by Gasteiger charge is 2.23. The van der Waals surface area contributed by atoms with E-state index in [0.29, 0.717) is 6.54 Å². The summed E-state index contributed by atoms with van der Waals surface area (Å²) in [6.07, 6.45) is 3.26. The standard InChI is InChI=1S/C17H20FN3O3S/c1-12(2)20-25(23,24)16-9-14(6-7-15(16)18)17(22)21(3)11-13-5-4-8-19-10-13/h4-10,12,20H,11H2,1-3H3. The smallest absolute Gasteiger partial charge is 0.253 e. The fraction of sp³-hybridized carbons (Fsp3) is 0.294. The van der Waals surface area contributed by atoms with Gasteiger partial charge in [-0.1, -0.05) is 6.07 Å². The molecule has 6 nitrogen and oxygen atoms in total. The molecule has 1 N–H and O–H groups in total. The maximum Gasteiger partial charge on any atom is 0.253 e. The first-order chi connectivity index (χ1) is 11.7. The number of carbonyl (C=O) groups excluding carboxylic acids is 1. The molecular formula is C17H20FN3O3S. The molecule has 2 aromatic rings. The SMILES string of the molecule is CC(C)NS(=O)(=O)c1cc(C(=O)N(C)Cc2cccnc2)ccc1F. The molecule has 0 aliphatic heterocycles. The fourth-order valence-electron chi connectivity index (χ4n) is 2.27. The Balaban J connectivity index is 2.27. The molecule has 25 heavy (non-hydrogen) atoms. The first-order valence-corrected chi connectivity index (χ1v) is 9.15. The number of hydrogen-bond acceptors (Lipinski definition) is 4. The molecule has 0 unspecified atom stereocenters. The predicted molar refractivity (Wildman–Crippen MR) is 91.9 cm³/mol. The zero-order valence-electron chi connectivity index (χ0n) is 14.2. The molecule has 1 amide bonds. The van der Waals surface area contributed by atoms with E-state index in [1.807, 2.05) is 6.07 Å². The number of carbonyl (C=O) groups is 1. The van der Waals surface area contributed by atoms with Gasteiger partial charge in [-0.05, 0) is 43.7 Å². The van der Waals surface area contributed by atoms with Crippen molar-refractivity contribution in [1.82, 2.24) is 14.6 Å². The van der Waals surface area contributed by atoms with Crippen LogP contribution in [-0.4, -0.2) is 37.3 Å². The molecule has 8 heteroatoms. The highest BCUT2D eigenvalue weighted by atomic mass is 32.2. The summed E-state index contributed by atoms with van der Waals surface area (Å²) in [6, 6.07) is 6.50. The van der Waals surface area contributed by atoms with Crippen molar-refractivity contribution in [3.05, 3.63) is 59.7 Å². The molecule has 1 aromatic heterocycles. The first kappa shape index (κ1) is 19.0. The van der Waals surface area contributed by atoms with Gasteiger partial charge < -0.3 is 4.90 Å². The van der Waals surface area contributed by atoms with Crippen LogP contribution in [0.15, 0.2) is 47.6 Å². The van der Waals surface area contributed by atoms with Gasteiger partial charge in [0.1, 0.15) is 10.7 Å². The van der Waals surface area contributed by atoms with Crippen LogP contribution in [0.4, 0.5) is 4.39 Å². The van der Waals surface area contributed by atoms with Crippen molar-refractivity contribution in [2.75, 3.05) is 7.05 Å². The number of sulfonamides is 1. The highest BCUT2D eigenvalue weighted by molar-refractivity contribution is 7.89. The lowest BCUT2D eigenvalue weighted by molar-refractivity contribution is 0.0784. The summed E-state index contributed by atoms with van der Waals surface area (Å²) in [5, 5.41) is 0. The predicted octanol–water partition coefficient (Wildman–Crippen LogP) is 2.18. The average molecular weight is 365 g/mol. The van der Waals surface area contributed by atoms with E-state index in [9.17, 15) is 17.6 Å². The zero-order valence-corrected chi connectivity index (χ0v) is 15.0. The second kappa shape index (κ2) is 7.71. The number of nitrogens with zero attached hydrogens (tertiary/aromatic N) is 2. The molecule has 134 valence electrons. The van der Waals surface area contributed by atoms with Crippen LogP contribution in [0, 0.1) is 5.82 Å².